The molecule has 0 aliphatic carbocycles. The van der Waals surface area contributed by atoms with Gasteiger partial charge in [-0.15, -0.1) is 10.2 Å². The van der Waals surface area contributed by atoms with Crippen LogP contribution in [0.3, 0.4) is 0 Å². The molecule has 2 heterocycles. The summed E-state index contributed by atoms with van der Waals surface area (Å²) >= 11 is 1.19. The van der Waals surface area contributed by atoms with Crippen molar-refractivity contribution < 1.29 is 13.9 Å². The number of rotatable bonds is 6. The first-order valence-electron chi connectivity index (χ1n) is 8.59. The second-order valence-corrected chi connectivity index (χ2v) is 7.01. The van der Waals surface area contributed by atoms with Crippen molar-refractivity contribution in [3.8, 4) is 11.4 Å². The fraction of sp³-hybridized carbons (Fsp3) is 0.100. The Bertz CT molecular complexity index is 1250. The lowest BCUT2D eigenvalue weighted by Gasteiger charge is -2.06. The summed E-state index contributed by atoms with van der Waals surface area (Å²) in [6, 6.07) is 12.5. The predicted molar refractivity (Wildman–Crippen MR) is 107 cm³/mol. The lowest BCUT2D eigenvalue weighted by molar-refractivity contribution is 0.102. The molecule has 0 bridgehead atoms. The summed E-state index contributed by atoms with van der Waals surface area (Å²) in [5.74, 6) is 0.264. The van der Waals surface area contributed by atoms with E-state index in [4.69, 9.17) is 4.74 Å². The number of benzene rings is 2. The van der Waals surface area contributed by atoms with Crippen LogP contribution in [0.5, 0.6) is 5.75 Å². The van der Waals surface area contributed by atoms with Crippen LogP contribution in [0.4, 0.5) is 4.39 Å². The summed E-state index contributed by atoms with van der Waals surface area (Å²) < 4.78 is 21.2. The number of ketones is 1. The number of methoxy groups -OCH3 is 1. The maximum Gasteiger partial charge on any atom is 0.300 e. The van der Waals surface area contributed by atoms with Gasteiger partial charge in [0.15, 0.2) is 10.9 Å². The van der Waals surface area contributed by atoms with Crippen molar-refractivity contribution in [2.45, 2.75) is 5.16 Å². The van der Waals surface area contributed by atoms with Gasteiger partial charge < -0.3 is 4.74 Å². The Morgan fingerprint density at radius 2 is 1.93 bits per heavy atom. The summed E-state index contributed by atoms with van der Waals surface area (Å²) in [7, 11) is 1.54. The lowest BCUT2D eigenvalue weighted by atomic mass is 10.1. The molecule has 9 heteroatoms. The number of Topliss-reactive ketones (excluding diaryl/α,β-unsaturated/α-hetero) is 1. The van der Waals surface area contributed by atoms with Gasteiger partial charge in [-0.2, -0.15) is 0 Å². The molecular formula is C20H15FN4O3S. The number of halogens is 1. The molecule has 0 atom stereocenters. The first kappa shape index (κ1) is 18.9. The quantitative estimate of drug-likeness (QED) is 0.359. The standard InChI is InChI=1S/C20H15FN4O3S/c1-28-16-4-2-3-13(11-16)17(26)12-29-20-23-22-18-19(27)24(9-10-25(18)20)15-7-5-14(21)6-8-15/h2-11H,12H2,1H3. The molecule has 0 radical (unpaired) electrons. The Morgan fingerprint density at radius 3 is 2.69 bits per heavy atom. The van der Waals surface area contributed by atoms with Crippen LogP contribution in [0.2, 0.25) is 0 Å². The number of aromatic nitrogens is 4. The van der Waals surface area contributed by atoms with E-state index in [0.29, 0.717) is 22.2 Å². The Hall–Kier alpha value is -3.46. The fourth-order valence-electron chi connectivity index (χ4n) is 2.78. The molecule has 4 aromatic rings. The zero-order valence-electron chi connectivity index (χ0n) is 15.3. The Morgan fingerprint density at radius 1 is 1.14 bits per heavy atom. The van der Waals surface area contributed by atoms with Crippen LogP contribution in [0.15, 0.2) is 70.9 Å². The minimum atomic E-state index is -0.391. The molecule has 0 aliphatic heterocycles. The summed E-state index contributed by atoms with van der Waals surface area (Å²) in [6.45, 7) is 0. The molecule has 2 aromatic heterocycles. The van der Waals surface area contributed by atoms with E-state index in [-0.39, 0.29) is 23.0 Å². The number of nitrogens with zero attached hydrogens (tertiary/aromatic N) is 4. The average Bonchev–Trinajstić information content (AvgIpc) is 3.17. The third-order valence-electron chi connectivity index (χ3n) is 4.27. The van der Waals surface area contributed by atoms with E-state index < -0.39 is 5.56 Å². The minimum Gasteiger partial charge on any atom is -0.497 e. The van der Waals surface area contributed by atoms with E-state index in [1.165, 1.54) is 45.0 Å². The molecule has 2 aromatic carbocycles. The van der Waals surface area contributed by atoms with Gasteiger partial charge in [0.2, 0.25) is 5.65 Å². The maximum absolute atomic E-state index is 13.1. The Balaban J connectivity index is 1.57. The van der Waals surface area contributed by atoms with Gasteiger partial charge in [0.05, 0.1) is 12.9 Å². The molecule has 0 spiro atoms. The van der Waals surface area contributed by atoms with Crippen molar-refractivity contribution in [3.05, 3.63) is 82.7 Å². The third kappa shape index (κ3) is 3.77. The van der Waals surface area contributed by atoms with E-state index in [0.717, 1.165) is 0 Å². The smallest absolute Gasteiger partial charge is 0.300 e. The maximum atomic E-state index is 13.1. The first-order chi connectivity index (χ1) is 14.1. The molecule has 0 fully saturated rings. The SMILES string of the molecule is COc1cccc(C(=O)CSc2nnc3c(=O)n(-c4ccc(F)cc4)ccn23)c1. The van der Waals surface area contributed by atoms with Gasteiger partial charge in [-0.3, -0.25) is 18.6 Å². The molecule has 0 unspecified atom stereocenters. The van der Waals surface area contributed by atoms with Crippen molar-refractivity contribution in [2.75, 3.05) is 12.9 Å². The molecule has 0 aliphatic rings. The van der Waals surface area contributed by atoms with Gasteiger partial charge in [0.25, 0.3) is 0 Å². The highest BCUT2D eigenvalue weighted by Crippen LogP contribution is 2.19. The lowest BCUT2D eigenvalue weighted by Crippen LogP contribution is -2.20. The van der Waals surface area contributed by atoms with E-state index in [1.54, 1.807) is 43.8 Å². The number of hydrogen-bond donors (Lipinski definition) is 0. The van der Waals surface area contributed by atoms with Crippen LogP contribution in [0.1, 0.15) is 10.4 Å². The Labute approximate surface area is 168 Å². The van der Waals surface area contributed by atoms with E-state index in [2.05, 4.69) is 10.2 Å². The molecular weight excluding hydrogens is 395 g/mol. The highest BCUT2D eigenvalue weighted by atomic mass is 32.2. The van der Waals surface area contributed by atoms with Crippen molar-refractivity contribution in [3.63, 3.8) is 0 Å². The van der Waals surface area contributed by atoms with Gasteiger partial charge in [0, 0.05) is 23.6 Å². The highest BCUT2D eigenvalue weighted by Gasteiger charge is 2.14. The summed E-state index contributed by atoms with van der Waals surface area (Å²) in [4.78, 5) is 25.2. The normalized spacial score (nSPS) is 11.0. The number of fused-ring (bicyclic) bond motifs is 1. The average molecular weight is 410 g/mol. The molecule has 29 heavy (non-hydrogen) atoms. The summed E-state index contributed by atoms with van der Waals surface area (Å²) in [5, 5.41) is 8.41. The predicted octanol–water partition coefficient (Wildman–Crippen LogP) is 3.00. The fourth-order valence-corrected chi connectivity index (χ4v) is 3.59. The van der Waals surface area contributed by atoms with Gasteiger partial charge in [-0.1, -0.05) is 23.9 Å². The minimum absolute atomic E-state index is 0.0923. The largest absolute Gasteiger partial charge is 0.497 e. The number of carbonyl (C=O) groups excluding carboxylic acids is 1. The van der Waals surface area contributed by atoms with E-state index in [9.17, 15) is 14.0 Å². The van der Waals surface area contributed by atoms with E-state index in [1.807, 2.05) is 0 Å². The van der Waals surface area contributed by atoms with E-state index >= 15 is 0 Å². The van der Waals surface area contributed by atoms with Crippen LogP contribution in [0.25, 0.3) is 11.3 Å². The van der Waals surface area contributed by atoms with Gasteiger partial charge >= 0.3 is 5.56 Å². The zero-order chi connectivity index (χ0) is 20.4. The number of carbonyl (C=O) groups is 1. The first-order valence-corrected chi connectivity index (χ1v) is 9.58. The van der Waals surface area contributed by atoms with Gasteiger partial charge in [-0.05, 0) is 36.4 Å². The van der Waals surface area contributed by atoms with Gasteiger partial charge in [-0.25, -0.2) is 4.39 Å². The molecule has 4 rings (SSSR count). The van der Waals surface area contributed by atoms with Gasteiger partial charge in [0.1, 0.15) is 11.6 Å². The van der Waals surface area contributed by atoms with Crippen LogP contribution in [-0.2, 0) is 0 Å². The van der Waals surface area contributed by atoms with Crippen molar-refractivity contribution in [1.82, 2.24) is 19.2 Å². The second-order valence-electron chi connectivity index (χ2n) is 6.07. The number of thioether (sulfide) groups is 1. The van der Waals surface area contributed by atoms with Crippen LogP contribution in [0, 0.1) is 5.82 Å². The number of ether oxygens (including phenoxy) is 1. The van der Waals surface area contributed by atoms with Crippen molar-refractivity contribution in [2.24, 2.45) is 0 Å². The summed E-state index contributed by atoms with van der Waals surface area (Å²) in [6.07, 6.45) is 3.19. The molecule has 0 N–H and O–H groups in total. The molecule has 0 saturated heterocycles. The Kier molecular flexibility index (Phi) is 5.13. The van der Waals surface area contributed by atoms with Crippen molar-refractivity contribution >= 4 is 23.2 Å². The molecule has 0 saturated carbocycles. The zero-order valence-corrected chi connectivity index (χ0v) is 16.1. The molecule has 0 amide bonds. The number of hydrogen-bond acceptors (Lipinski definition) is 6. The van der Waals surface area contributed by atoms with Crippen LogP contribution >= 0.6 is 11.8 Å². The molecule has 7 nitrogen and oxygen atoms in total. The molecule has 146 valence electrons. The van der Waals surface area contributed by atoms with Crippen LogP contribution < -0.4 is 10.3 Å². The second kappa shape index (κ2) is 7.88. The summed E-state index contributed by atoms with van der Waals surface area (Å²) in [5.41, 5.74) is 0.777. The monoisotopic (exact) mass is 410 g/mol. The third-order valence-corrected chi connectivity index (χ3v) is 5.21. The topological polar surface area (TPSA) is 78.5 Å². The highest BCUT2D eigenvalue weighted by molar-refractivity contribution is 7.99. The van der Waals surface area contributed by atoms with Crippen molar-refractivity contribution in [1.29, 1.82) is 0 Å². The van der Waals surface area contributed by atoms with Crippen LogP contribution in [-0.4, -0.2) is 37.8 Å².